The molecule has 0 radical (unpaired) electrons. The Morgan fingerprint density at radius 3 is 2.38 bits per heavy atom. The Kier molecular flexibility index (Phi) is 4.75. The molecule has 5 heteroatoms. The number of fused-ring (bicyclic) bond motifs is 3. The summed E-state index contributed by atoms with van der Waals surface area (Å²) < 4.78 is 3.14. The molecule has 2 aromatic carbocycles. The van der Waals surface area contributed by atoms with E-state index in [1.54, 1.807) is 0 Å². The van der Waals surface area contributed by atoms with Crippen LogP contribution in [0.5, 0.6) is 0 Å². The van der Waals surface area contributed by atoms with E-state index in [1.165, 1.54) is 12.8 Å². The maximum atomic E-state index is 13.6. The minimum absolute atomic E-state index is 0.0431. The molecule has 2 aliphatic heterocycles. The number of amides is 1. The van der Waals surface area contributed by atoms with E-state index in [-0.39, 0.29) is 11.9 Å². The number of rotatable bonds is 3. The monoisotopic (exact) mass is 451 g/mol. The second-order valence-electron chi connectivity index (χ2n) is 8.47. The number of halogens is 1. The predicted molar refractivity (Wildman–Crippen MR) is 121 cm³/mol. The van der Waals surface area contributed by atoms with Crippen molar-refractivity contribution in [1.29, 1.82) is 0 Å². The van der Waals surface area contributed by atoms with Crippen LogP contribution in [0.3, 0.4) is 0 Å². The lowest BCUT2D eigenvalue weighted by Crippen LogP contribution is -2.48. The van der Waals surface area contributed by atoms with E-state index in [9.17, 15) is 4.79 Å². The lowest BCUT2D eigenvalue weighted by molar-refractivity contribution is 0.0884. The number of aryl methyl sites for hydroxylation is 1. The Labute approximate surface area is 180 Å². The maximum absolute atomic E-state index is 13.6. The van der Waals surface area contributed by atoms with Gasteiger partial charge in [0.2, 0.25) is 0 Å². The Bertz CT molecular complexity index is 1070. The summed E-state index contributed by atoms with van der Waals surface area (Å²) in [6.45, 7) is 0. The summed E-state index contributed by atoms with van der Waals surface area (Å²) in [4.78, 5) is 16.1. The summed E-state index contributed by atoms with van der Waals surface area (Å²) in [6.07, 6.45) is 4.61. The molecule has 0 spiro atoms. The highest BCUT2D eigenvalue weighted by molar-refractivity contribution is 9.10. The van der Waals surface area contributed by atoms with Gasteiger partial charge in [0, 0.05) is 46.1 Å². The molecule has 0 aliphatic carbocycles. The smallest absolute Gasteiger partial charge is 0.254 e. The van der Waals surface area contributed by atoms with E-state index in [1.807, 2.05) is 37.4 Å². The van der Waals surface area contributed by atoms with E-state index in [2.05, 4.69) is 56.0 Å². The van der Waals surface area contributed by atoms with Crippen LogP contribution in [0.25, 0.3) is 22.2 Å². The molecule has 1 amide bonds. The van der Waals surface area contributed by atoms with E-state index >= 15 is 0 Å². The largest absolute Gasteiger partial charge is 0.349 e. The number of nitrogens with zero attached hydrogens (tertiary/aromatic N) is 2. The molecular formula is C24H26BrN3O. The number of nitrogens with one attached hydrogen (secondary N) is 1. The third-order valence-electron chi connectivity index (χ3n) is 6.90. The van der Waals surface area contributed by atoms with Gasteiger partial charge in [-0.15, -0.1) is 0 Å². The molecule has 150 valence electrons. The van der Waals surface area contributed by atoms with Gasteiger partial charge in [-0.2, -0.15) is 0 Å². The van der Waals surface area contributed by atoms with Gasteiger partial charge in [-0.25, -0.2) is 0 Å². The lowest BCUT2D eigenvalue weighted by atomic mass is 9.97. The minimum atomic E-state index is 0.0431. The SMILES string of the molecule is CN1[C@@H]2CC[C@H]1CC(NC(=O)c1c(-c3ccccc3Br)n(C)c3ccccc13)C2. The topological polar surface area (TPSA) is 37.3 Å². The van der Waals surface area contributed by atoms with Crippen molar-refractivity contribution in [3.63, 3.8) is 0 Å². The van der Waals surface area contributed by atoms with Crippen LogP contribution in [-0.4, -0.2) is 40.5 Å². The van der Waals surface area contributed by atoms with E-state index < -0.39 is 0 Å². The van der Waals surface area contributed by atoms with Crippen molar-refractivity contribution in [2.45, 2.75) is 43.8 Å². The van der Waals surface area contributed by atoms with Crippen LogP contribution < -0.4 is 5.32 Å². The lowest BCUT2D eigenvalue weighted by Gasteiger charge is -2.36. The molecule has 0 saturated carbocycles. The van der Waals surface area contributed by atoms with Gasteiger partial charge in [0.1, 0.15) is 0 Å². The van der Waals surface area contributed by atoms with Crippen LogP contribution >= 0.6 is 15.9 Å². The van der Waals surface area contributed by atoms with Crippen LogP contribution in [0.4, 0.5) is 0 Å². The molecule has 3 atom stereocenters. The molecule has 29 heavy (non-hydrogen) atoms. The number of hydrogen-bond acceptors (Lipinski definition) is 2. The molecule has 2 aliphatic rings. The molecule has 3 aromatic rings. The van der Waals surface area contributed by atoms with Crippen LogP contribution in [0.1, 0.15) is 36.0 Å². The molecule has 1 unspecified atom stereocenters. The van der Waals surface area contributed by atoms with E-state index in [0.29, 0.717) is 12.1 Å². The van der Waals surface area contributed by atoms with Crippen molar-refractivity contribution in [3.8, 4) is 11.3 Å². The zero-order valence-electron chi connectivity index (χ0n) is 16.9. The van der Waals surface area contributed by atoms with Crippen LogP contribution in [0, 0.1) is 0 Å². The van der Waals surface area contributed by atoms with Crippen LogP contribution in [0.15, 0.2) is 53.0 Å². The number of aromatic nitrogens is 1. The van der Waals surface area contributed by atoms with Crippen molar-refractivity contribution in [3.05, 3.63) is 58.6 Å². The summed E-state index contributed by atoms with van der Waals surface area (Å²) >= 11 is 3.69. The molecule has 1 N–H and O–H groups in total. The highest BCUT2D eigenvalue weighted by Gasteiger charge is 2.39. The van der Waals surface area contributed by atoms with Crippen molar-refractivity contribution < 1.29 is 4.79 Å². The predicted octanol–water partition coefficient (Wildman–Crippen LogP) is 4.96. The van der Waals surface area contributed by atoms with Gasteiger partial charge in [-0.1, -0.05) is 52.3 Å². The van der Waals surface area contributed by atoms with Crippen molar-refractivity contribution in [1.82, 2.24) is 14.8 Å². The molecule has 3 heterocycles. The molecular weight excluding hydrogens is 426 g/mol. The molecule has 1 aromatic heterocycles. The first-order valence-corrected chi connectivity index (χ1v) is 11.2. The number of benzene rings is 2. The van der Waals surface area contributed by atoms with Gasteiger partial charge in [0.25, 0.3) is 5.91 Å². The number of carbonyl (C=O) groups excluding carboxylic acids is 1. The van der Waals surface area contributed by atoms with Crippen molar-refractivity contribution in [2.24, 2.45) is 7.05 Å². The molecule has 4 nitrogen and oxygen atoms in total. The van der Waals surface area contributed by atoms with E-state index in [4.69, 9.17) is 0 Å². The Morgan fingerprint density at radius 1 is 1.00 bits per heavy atom. The van der Waals surface area contributed by atoms with Gasteiger partial charge < -0.3 is 14.8 Å². The fraction of sp³-hybridized carbons (Fsp3) is 0.375. The third-order valence-corrected chi connectivity index (χ3v) is 7.59. The normalized spacial score (nSPS) is 24.2. The first-order chi connectivity index (χ1) is 14.0. The fourth-order valence-corrected chi connectivity index (χ4v) is 5.85. The fourth-order valence-electron chi connectivity index (χ4n) is 5.38. The Hall–Kier alpha value is -2.11. The van der Waals surface area contributed by atoms with Crippen molar-refractivity contribution in [2.75, 3.05) is 7.05 Å². The zero-order valence-corrected chi connectivity index (χ0v) is 18.4. The first kappa shape index (κ1) is 18.9. The Balaban J connectivity index is 1.56. The molecule has 2 saturated heterocycles. The number of hydrogen-bond donors (Lipinski definition) is 1. The van der Waals surface area contributed by atoms with Gasteiger partial charge in [0.05, 0.1) is 11.3 Å². The summed E-state index contributed by atoms with van der Waals surface area (Å²) in [5, 5.41) is 4.41. The van der Waals surface area contributed by atoms with Gasteiger partial charge >= 0.3 is 0 Å². The first-order valence-electron chi connectivity index (χ1n) is 10.4. The average Bonchev–Trinajstić information content (AvgIpc) is 3.10. The standard InChI is InChI=1S/C24H26BrN3O/c1-27-16-11-12-17(27)14-15(13-16)26-24(29)22-19-8-4-6-10-21(19)28(2)23(22)18-7-3-5-9-20(18)25/h3-10,15-17H,11-14H2,1-2H3,(H,26,29)/t15?,16-,17+. The second-order valence-corrected chi connectivity index (χ2v) is 9.33. The second kappa shape index (κ2) is 7.29. The van der Waals surface area contributed by atoms with Crippen LogP contribution in [0.2, 0.25) is 0 Å². The number of piperidine rings is 1. The Morgan fingerprint density at radius 2 is 1.66 bits per heavy atom. The third kappa shape index (κ3) is 3.11. The average molecular weight is 452 g/mol. The van der Waals surface area contributed by atoms with Crippen molar-refractivity contribution >= 4 is 32.7 Å². The maximum Gasteiger partial charge on any atom is 0.254 e. The van der Waals surface area contributed by atoms with E-state index in [0.717, 1.165) is 45.0 Å². The molecule has 5 rings (SSSR count). The summed E-state index contributed by atoms with van der Waals surface area (Å²) in [5.41, 5.74) is 3.86. The quantitative estimate of drug-likeness (QED) is 0.610. The van der Waals surface area contributed by atoms with Gasteiger partial charge in [0.15, 0.2) is 0 Å². The summed E-state index contributed by atoms with van der Waals surface area (Å²) in [7, 11) is 4.28. The van der Waals surface area contributed by atoms with Gasteiger partial charge in [-0.05, 0) is 44.9 Å². The number of para-hydroxylation sites is 1. The summed E-state index contributed by atoms with van der Waals surface area (Å²) in [5.74, 6) is 0.0431. The highest BCUT2D eigenvalue weighted by Crippen LogP contribution is 2.38. The molecule has 2 bridgehead atoms. The molecule has 2 fully saturated rings. The van der Waals surface area contributed by atoms with Gasteiger partial charge in [-0.3, -0.25) is 4.79 Å². The van der Waals surface area contributed by atoms with Crippen LogP contribution in [-0.2, 0) is 7.05 Å². The highest BCUT2D eigenvalue weighted by atomic mass is 79.9. The summed E-state index contributed by atoms with van der Waals surface area (Å²) in [6, 6.07) is 17.8. The zero-order chi connectivity index (χ0) is 20.1. The number of carbonyl (C=O) groups is 1. The minimum Gasteiger partial charge on any atom is -0.349 e.